The van der Waals surface area contributed by atoms with Crippen LogP contribution in [0.2, 0.25) is 10.0 Å². The molecule has 0 saturated carbocycles. The Balaban J connectivity index is 2.13. The van der Waals surface area contributed by atoms with E-state index in [9.17, 15) is 5.11 Å². The number of rotatable bonds is 3. The van der Waals surface area contributed by atoms with Crippen molar-refractivity contribution >= 4 is 51.5 Å². The van der Waals surface area contributed by atoms with Gasteiger partial charge in [0.05, 0.1) is 5.02 Å². The molecule has 2 aromatic carbocycles. The van der Waals surface area contributed by atoms with E-state index in [0.717, 1.165) is 5.69 Å². The Kier molecular flexibility index (Phi) is 4.59. The van der Waals surface area contributed by atoms with E-state index in [1.807, 2.05) is 24.3 Å². The summed E-state index contributed by atoms with van der Waals surface area (Å²) in [6.45, 7) is 0.465. The predicted octanol–water partition coefficient (Wildman–Crippen LogP) is 4.92. The van der Waals surface area contributed by atoms with Crippen molar-refractivity contribution in [1.29, 1.82) is 0 Å². The van der Waals surface area contributed by atoms with E-state index >= 15 is 0 Å². The highest BCUT2D eigenvalue weighted by Crippen LogP contribution is 2.31. The summed E-state index contributed by atoms with van der Waals surface area (Å²) in [5, 5.41) is 13.8. The van der Waals surface area contributed by atoms with Gasteiger partial charge in [-0.3, -0.25) is 0 Å². The predicted molar refractivity (Wildman–Crippen MR) is 84.6 cm³/mol. The summed E-state index contributed by atoms with van der Waals surface area (Å²) in [7, 11) is 0. The molecule has 0 atom stereocenters. The van der Waals surface area contributed by atoms with Crippen LogP contribution < -0.4 is 5.32 Å². The third kappa shape index (κ3) is 3.43. The smallest absolute Gasteiger partial charge is 0.139 e. The van der Waals surface area contributed by atoms with Crippen molar-refractivity contribution in [2.75, 3.05) is 5.32 Å². The minimum absolute atomic E-state index is 0.0686. The molecule has 2 aromatic rings. The monoisotopic (exact) mass is 393 g/mol. The van der Waals surface area contributed by atoms with Gasteiger partial charge in [0.2, 0.25) is 0 Å². The van der Waals surface area contributed by atoms with Gasteiger partial charge in [0.1, 0.15) is 5.75 Å². The molecule has 0 aliphatic heterocycles. The van der Waals surface area contributed by atoms with Crippen LogP contribution in [-0.4, -0.2) is 5.11 Å². The van der Waals surface area contributed by atoms with Gasteiger partial charge in [-0.05, 0) is 59.0 Å². The molecule has 0 radical (unpaired) electrons. The van der Waals surface area contributed by atoms with Crippen molar-refractivity contribution in [1.82, 2.24) is 0 Å². The molecule has 2 nitrogen and oxygen atoms in total. The van der Waals surface area contributed by atoms with Gasteiger partial charge < -0.3 is 10.4 Å². The highest BCUT2D eigenvalue weighted by atomic mass is 127. The number of benzene rings is 2. The maximum atomic E-state index is 9.81. The van der Waals surface area contributed by atoms with E-state index in [1.165, 1.54) is 9.64 Å². The van der Waals surface area contributed by atoms with E-state index in [-0.39, 0.29) is 10.8 Å². The molecule has 0 bridgehead atoms. The maximum absolute atomic E-state index is 9.81. The molecular formula is C13H10Cl2INO. The molecule has 2 rings (SSSR count). The summed E-state index contributed by atoms with van der Waals surface area (Å²) in [6.07, 6.45) is 0. The zero-order valence-electron chi connectivity index (χ0n) is 9.25. The summed E-state index contributed by atoms with van der Waals surface area (Å²) < 4.78 is 1.17. The van der Waals surface area contributed by atoms with Gasteiger partial charge in [0.15, 0.2) is 0 Å². The lowest BCUT2D eigenvalue weighted by Crippen LogP contribution is -2.00. The average Bonchev–Trinajstić information content (AvgIpc) is 2.34. The van der Waals surface area contributed by atoms with Gasteiger partial charge in [-0.25, -0.2) is 0 Å². The minimum atomic E-state index is 0.0686. The highest BCUT2D eigenvalue weighted by Gasteiger charge is 2.07. The van der Waals surface area contributed by atoms with E-state index in [1.54, 1.807) is 6.07 Å². The van der Waals surface area contributed by atoms with Gasteiger partial charge in [-0.2, -0.15) is 0 Å². The first-order valence-electron chi connectivity index (χ1n) is 5.22. The van der Waals surface area contributed by atoms with Crippen LogP contribution in [0.5, 0.6) is 5.75 Å². The van der Waals surface area contributed by atoms with Crippen molar-refractivity contribution in [3.05, 3.63) is 55.6 Å². The van der Waals surface area contributed by atoms with Crippen LogP contribution in [0.1, 0.15) is 5.56 Å². The molecule has 0 fully saturated rings. The van der Waals surface area contributed by atoms with Crippen LogP contribution in [0.25, 0.3) is 0 Å². The van der Waals surface area contributed by atoms with Gasteiger partial charge in [-0.1, -0.05) is 23.2 Å². The zero-order valence-corrected chi connectivity index (χ0v) is 12.9. The second kappa shape index (κ2) is 5.99. The molecule has 0 spiro atoms. The molecule has 0 heterocycles. The van der Waals surface area contributed by atoms with Gasteiger partial charge >= 0.3 is 0 Å². The Labute approximate surface area is 129 Å². The highest BCUT2D eigenvalue weighted by molar-refractivity contribution is 14.1. The van der Waals surface area contributed by atoms with Crippen molar-refractivity contribution in [3.63, 3.8) is 0 Å². The van der Waals surface area contributed by atoms with Crippen LogP contribution in [-0.2, 0) is 6.54 Å². The third-order valence-electron chi connectivity index (χ3n) is 2.43. The standard InChI is InChI=1S/C13H10Cl2INO/c14-9-5-8(13(18)12(15)6-9)7-17-11-3-1-10(16)2-4-11/h1-6,17-18H,7H2. The zero-order chi connectivity index (χ0) is 13.1. The number of aromatic hydroxyl groups is 1. The van der Waals surface area contributed by atoms with Gasteiger partial charge in [0.25, 0.3) is 0 Å². The first-order valence-corrected chi connectivity index (χ1v) is 7.06. The lowest BCUT2D eigenvalue weighted by atomic mass is 10.2. The second-order valence-electron chi connectivity index (χ2n) is 3.76. The fourth-order valence-electron chi connectivity index (χ4n) is 1.52. The van der Waals surface area contributed by atoms with Crippen LogP contribution in [0, 0.1) is 3.57 Å². The first kappa shape index (κ1) is 13.8. The molecule has 94 valence electrons. The molecule has 5 heteroatoms. The lowest BCUT2D eigenvalue weighted by molar-refractivity contribution is 0.469. The number of anilines is 1. The SMILES string of the molecule is Oc1c(Cl)cc(Cl)cc1CNc1ccc(I)cc1. The lowest BCUT2D eigenvalue weighted by Gasteiger charge is -2.10. The molecule has 2 N–H and O–H groups in total. The number of hydrogen-bond donors (Lipinski definition) is 2. The van der Waals surface area contributed by atoms with Crippen LogP contribution in [0.3, 0.4) is 0 Å². The van der Waals surface area contributed by atoms with Crippen LogP contribution >= 0.6 is 45.8 Å². The number of nitrogens with one attached hydrogen (secondary N) is 1. The third-order valence-corrected chi connectivity index (χ3v) is 3.66. The topological polar surface area (TPSA) is 32.3 Å². The average molecular weight is 394 g/mol. The molecule has 0 unspecified atom stereocenters. The molecular weight excluding hydrogens is 384 g/mol. The van der Waals surface area contributed by atoms with Crippen LogP contribution in [0.4, 0.5) is 5.69 Å². The normalized spacial score (nSPS) is 10.4. The summed E-state index contributed by atoms with van der Waals surface area (Å²) in [5.41, 5.74) is 1.65. The minimum Gasteiger partial charge on any atom is -0.506 e. The fourth-order valence-corrected chi connectivity index (χ4v) is 2.41. The van der Waals surface area contributed by atoms with E-state index in [2.05, 4.69) is 27.9 Å². The number of phenolic OH excluding ortho intramolecular Hbond substituents is 1. The number of hydrogen-bond acceptors (Lipinski definition) is 2. The van der Waals surface area contributed by atoms with E-state index in [0.29, 0.717) is 17.1 Å². The van der Waals surface area contributed by atoms with Gasteiger partial charge in [-0.15, -0.1) is 0 Å². The van der Waals surface area contributed by atoms with Crippen molar-refractivity contribution in [2.24, 2.45) is 0 Å². The summed E-state index contributed by atoms with van der Waals surface area (Å²) in [4.78, 5) is 0. The molecule has 0 saturated heterocycles. The molecule has 18 heavy (non-hydrogen) atoms. The number of phenols is 1. The maximum Gasteiger partial charge on any atom is 0.139 e. The molecule has 0 aliphatic carbocycles. The van der Waals surface area contributed by atoms with Gasteiger partial charge in [0, 0.05) is 26.4 Å². The largest absolute Gasteiger partial charge is 0.506 e. The summed E-state index contributed by atoms with van der Waals surface area (Å²) in [5.74, 6) is 0.0686. The van der Waals surface area contributed by atoms with Crippen LogP contribution in [0.15, 0.2) is 36.4 Å². The van der Waals surface area contributed by atoms with E-state index < -0.39 is 0 Å². The second-order valence-corrected chi connectivity index (χ2v) is 5.85. The first-order chi connectivity index (χ1) is 8.56. The van der Waals surface area contributed by atoms with Crippen molar-refractivity contribution in [3.8, 4) is 5.75 Å². The quantitative estimate of drug-likeness (QED) is 0.725. The fraction of sp³-hybridized carbons (Fsp3) is 0.0769. The Morgan fingerprint density at radius 2 is 1.78 bits per heavy atom. The molecule has 0 aliphatic rings. The molecule has 0 amide bonds. The van der Waals surface area contributed by atoms with Crippen molar-refractivity contribution in [2.45, 2.75) is 6.54 Å². The summed E-state index contributed by atoms with van der Waals surface area (Å²) >= 11 is 14.0. The molecule has 0 aromatic heterocycles. The Hall–Kier alpha value is -0.650. The Morgan fingerprint density at radius 1 is 1.11 bits per heavy atom. The Bertz CT molecular complexity index is 558. The van der Waals surface area contributed by atoms with Crippen molar-refractivity contribution < 1.29 is 5.11 Å². The summed E-state index contributed by atoms with van der Waals surface area (Å²) in [6, 6.07) is 11.2. The van der Waals surface area contributed by atoms with E-state index in [4.69, 9.17) is 23.2 Å². The Morgan fingerprint density at radius 3 is 2.44 bits per heavy atom. The number of halogens is 3.